The zero-order valence-electron chi connectivity index (χ0n) is 14.2. The molecule has 5 heteroatoms. The van der Waals surface area contributed by atoms with E-state index >= 15 is 0 Å². The van der Waals surface area contributed by atoms with Gasteiger partial charge in [0, 0.05) is 18.6 Å². The minimum atomic E-state index is -3.68. The van der Waals surface area contributed by atoms with Crippen LogP contribution in [0.4, 0.5) is 0 Å². The highest BCUT2D eigenvalue weighted by Gasteiger charge is 2.13. The number of hydrogen-bond acceptors (Lipinski definition) is 3. The maximum Gasteiger partial charge on any atom is 0.276 e. The van der Waals surface area contributed by atoms with E-state index in [1.165, 1.54) is 0 Å². The maximum atomic E-state index is 12.4. The van der Waals surface area contributed by atoms with Crippen LogP contribution in [-0.4, -0.2) is 14.1 Å². The highest BCUT2D eigenvalue weighted by molar-refractivity contribution is 7.89. The van der Waals surface area contributed by atoms with Gasteiger partial charge in [-0.1, -0.05) is 78.9 Å². The number of sulfonamides is 1. The first-order chi connectivity index (χ1) is 12.6. The summed E-state index contributed by atoms with van der Waals surface area (Å²) in [5.41, 5.74) is 2.92. The molecule has 0 heterocycles. The van der Waals surface area contributed by atoms with Gasteiger partial charge in [0.25, 0.3) is 10.0 Å². The first-order valence-electron chi connectivity index (χ1n) is 8.34. The molecule has 0 saturated carbocycles. The fourth-order valence-corrected chi connectivity index (χ4v) is 3.45. The van der Waals surface area contributed by atoms with Crippen LogP contribution in [0, 0.1) is 0 Å². The van der Waals surface area contributed by atoms with E-state index in [1.807, 2.05) is 60.7 Å². The summed E-state index contributed by atoms with van der Waals surface area (Å²) in [6.45, 7) is 0. The second kappa shape index (κ2) is 8.45. The van der Waals surface area contributed by atoms with Crippen molar-refractivity contribution in [2.75, 3.05) is 0 Å². The predicted octanol–water partition coefficient (Wildman–Crippen LogP) is 3.81. The summed E-state index contributed by atoms with van der Waals surface area (Å²) in [4.78, 5) is 2.57. The van der Waals surface area contributed by atoms with E-state index in [9.17, 15) is 8.42 Å². The number of hydrazone groups is 1. The Bertz CT molecular complexity index is 911. The fourth-order valence-electron chi connectivity index (χ4n) is 2.58. The second-order valence-electron chi connectivity index (χ2n) is 5.91. The van der Waals surface area contributed by atoms with Gasteiger partial charge < -0.3 is 0 Å². The second-order valence-corrected chi connectivity index (χ2v) is 7.57. The van der Waals surface area contributed by atoms with E-state index in [0.29, 0.717) is 12.8 Å². The van der Waals surface area contributed by atoms with Crippen molar-refractivity contribution in [2.45, 2.75) is 17.7 Å². The number of rotatable bonds is 7. The molecule has 0 unspecified atom stereocenters. The molecule has 0 atom stereocenters. The summed E-state index contributed by atoms with van der Waals surface area (Å²) < 4.78 is 24.8. The van der Waals surface area contributed by atoms with Crippen molar-refractivity contribution in [2.24, 2.45) is 5.10 Å². The predicted molar refractivity (Wildman–Crippen MR) is 104 cm³/mol. The molecule has 0 radical (unpaired) electrons. The van der Waals surface area contributed by atoms with Crippen molar-refractivity contribution in [3.8, 4) is 0 Å². The molecular weight excluding hydrogens is 344 g/mol. The molecule has 0 aromatic heterocycles. The number of benzene rings is 3. The summed E-state index contributed by atoms with van der Waals surface area (Å²) in [5.74, 6) is 0. The molecule has 0 spiro atoms. The third-order valence-corrected chi connectivity index (χ3v) is 5.10. The quantitative estimate of drug-likeness (QED) is 0.512. The largest absolute Gasteiger partial charge is 0.276 e. The van der Waals surface area contributed by atoms with Crippen LogP contribution in [0.1, 0.15) is 11.1 Å². The van der Waals surface area contributed by atoms with Gasteiger partial charge in [-0.3, -0.25) is 0 Å². The summed E-state index contributed by atoms with van der Waals surface area (Å²) in [7, 11) is -3.68. The molecule has 3 aromatic carbocycles. The standard InChI is InChI=1S/C21H20N2O2S/c24-26(25,21-14-8-3-9-15-21)23-22-20(16-18-10-4-1-5-11-18)17-19-12-6-2-7-13-19/h1-15,23H,16-17H2. The minimum absolute atomic E-state index is 0.197. The van der Waals surface area contributed by atoms with Crippen molar-refractivity contribution < 1.29 is 8.42 Å². The zero-order valence-corrected chi connectivity index (χ0v) is 15.1. The lowest BCUT2D eigenvalue weighted by molar-refractivity contribution is 0.584. The molecule has 0 aliphatic heterocycles. The van der Waals surface area contributed by atoms with Gasteiger partial charge in [0.05, 0.1) is 4.90 Å². The fraction of sp³-hybridized carbons (Fsp3) is 0.0952. The smallest absolute Gasteiger partial charge is 0.200 e. The van der Waals surface area contributed by atoms with Gasteiger partial charge in [0.15, 0.2) is 0 Å². The van der Waals surface area contributed by atoms with Gasteiger partial charge in [-0.25, -0.2) is 4.83 Å². The zero-order chi connectivity index (χ0) is 18.2. The van der Waals surface area contributed by atoms with E-state index in [0.717, 1.165) is 16.8 Å². The van der Waals surface area contributed by atoms with Gasteiger partial charge in [0.2, 0.25) is 0 Å². The summed E-state index contributed by atoms with van der Waals surface area (Å²) in [6, 6.07) is 28.0. The third kappa shape index (κ3) is 5.04. The molecule has 0 fully saturated rings. The Hall–Kier alpha value is -2.92. The van der Waals surface area contributed by atoms with Gasteiger partial charge >= 0.3 is 0 Å². The number of nitrogens with one attached hydrogen (secondary N) is 1. The third-order valence-electron chi connectivity index (χ3n) is 3.88. The van der Waals surface area contributed by atoms with Crippen molar-refractivity contribution >= 4 is 15.7 Å². The Kier molecular flexibility index (Phi) is 5.81. The van der Waals surface area contributed by atoms with Crippen LogP contribution < -0.4 is 4.83 Å². The Balaban J connectivity index is 1.83. The molecule has 0 bridgehead atoms. The van der Waals surface area contributed by atoms with Crippen molar-refractivity contribution in [3.63, 3.8) is 0 Å². The van der Waals surface area contributed by atoms with Crippen LogP contribution in [0.15, 0.2) is 101 Å². The van der Waals surface area contributed by atoms with E-state index < -0.39 is 10.0 Å². The molecular formula is C21H20N2O2S. The van der Waals surface area contributed by atoms with Crippen LogP contribution in [0.2, 0.25) is 0 Å². The molecule has 4 nitrogen and oxygen atoms in total. The normalized spacial score (nSPS) is 10.9. The van der Waals surface area contributed by atoms with Gasteiger partial charge in [-0.05, 0) is 23.3 Å². The van der Waals surface area contributed by atoms with Crippen molar-refractivity contribution in [3.05, 3.63) is 102 Å². The highest BCUT2D eigenvalue weighted by Crippen LogP contribution is 2.10. The molecule has 1 N–H and O–H groups in total. The topological polar surface area (TPSA) is 58.5 Å². The van der Waals surface area contributed by atoms with Crippen LogP contribution >= 0.6 is 0 Å². The molecule has 132 valence electrons. The van der Waals surface area contributed by atoms with Crippen LogP contribution in [0.5, 0.6) is 0 Å². The highest BCUT2D eigenvalue weighted by atomic mass is 32.2. The summed E-state index contributed by atoms with van der Waals surface area (Å²) in [6.07, 6.45) is 1.15. The number of hydrogen-bond donors (Lipinski definition) is 1. The first-order valence-corrected chi connectivity index (χ1v) is 9.82. The molecule has 0 aliphatic carbocycles. The Labute approximate surface area is 154 Å². The number of nitrogens with zero attached hydrogens (tertiary/aromatic N) is 1. The SMILES string of the molecule is O=S(=O)(NN=C(Cc1ccccc1)Cc1ccccc1)c1ccccc1. The van der Waals surface area contributed by atoms with E-state index in [1.54, 1.807) is 30.3 Å². The summed E-state index contributed by atoms with van der Waals surface area (Å²) >= 11 is 0. The molecule has 0 amide bonds. The Morgan fingerprint density at radius 3 is 1.58 bits per heavy atom. The Morgan fingerprint density at radius 1 is 0.692 bits per heavy atom. The monoisotopic (exact) mass is 364 g/mol. The van der Waals surface area contributed by atoms with Crippen LogP contribution in [0.25, 0.3) is 0 Å². The lowest BCUT2D eigenvalue weighted by Crippen LogP contribution is -2.22. The molecule has 3 rings (SSSR count). The summed E-state index contributed by atoms with van der Waals surface area (Å²) in [5, 5.41) is 4.24. The van der Waals surface area contributed by atoms with Gasteiger partial charge in [-0.15, -0.1) is 0 Å². The van der Waals surface area contributed by atoms with Crippen molar-refractivity contribution in [1.29, 1.82) is 0 Å². The maximum absolute atomic E-state index is 12.4. The lowest BCUT2D eigenvalue weighted by atomic mass is 10.0. The Morgan fingerprint density at radius 2 is 1.12 bits per heavy atom. The average Bonchev–Trinajstić information content (AvgIpc) is 2.68. The van der Waals surface area contributed by atoms with Crippen LogP contribution in [-0.2, 0) is 22.9 Å². The molecule has 0 saturated heterocycles. The lowest BCUT2D eigenvalue weighted by Gasteiger charge is -2.09. The van der Waals surface area contributed by atoms with E-state index in [4.69, 9.17) is 0 Å². The van der Waals surface area contributed by atoms with E-state index in [-0.39, 0.29) is 4.90 Å². The molecule has 3 aromatic rings. The van der Waals surface area contributed by atoms with Crippen LogP contribution in [0.3, 0.4) is 0 Å². The van der Waals surface area contributed by atoms with Gasteiger partial charge in [-0.2, -0.15) is 13.5 Å². The average molecular weight is 364 g/mol. The molecule has 26 heavy (non-hydrogen) atoms. The molecule has 0 aliphatic rings. The van der Waals surface area contributed by atoms with Gasteiger partial charge in [0.1, 0.15) is 0 Å². The van der Waals surface area contributed by atoms with Crippen molar-refractivity contribution in [1.82, 2.24) is 4.83 Å². The first kappa shape index (κ1) is 17.9. The van der Waals surface area contributed by atoms with E-state index in [2.05, 4.69) is 9.93 Å². The minimum Gasteiger partial charge on any atom is -0.200 e.